The predicted octanol–water partition coefficient (Wildman–Crippen LogP) is 0.495. The van der Waals surface area contributed by atoms with Crippen molar-refractivity contribution in [3.63, 3.8) is 0 Å². The van der Waals surface area contributed by atoms with Gasteiger partial charge < -0.3 is 85.1 Å². The highest BCUT2D eigenvalue weighted by atomic mass is 16.1. The highest BCUT2D eigenvalue weighted by molar-refractivity contribution is 5.75. The first-order valence-corrected chi connectivity index (χ1v) is 24.6. The highest BCUT2D eigenvalue weighted by Gasteiger charge is 2.28. The normalized spacial score (nSPS) is 19.2. The number of hydrogen-bond acceptors (Lipinski definition) is 15. The maximum Gasteiger partial charge on any atom is 0.129 e. The Bertz CT molecular complexity index is 1020. The van der Waals surface area contributed by atoms with Crippen molar-refractivity contribution >= 4 is 5.78 Å². The fraction of sp³-hybridized carbons (Fsp3) is 0.978. The molecule has 0 saturated heterocycles. The van der Waals surface area contributed by atoms with Gasteiger partial charge in [0.15, 0.2) is 0 Å². The van der Waals surface area contributed by atoms with Gasteiger partial charge in [0.2, 0.25) is 0 Å². The first-order valence-electron chi connectivity index (χ1n) is 24.6. The van der Waals surface area contributed by atoms with E-state index in [1.54, 1.807) is 6.92 Å². The Morgan fingerprint density at radius 1 is 0.279 bits per heavy atom. The molecule has 0 rings (SSSR count). The number of rotatable bonds is 43. The second-order valence-electron chi connectivity index (χ2n) is 20.0. The molecule has 0 radical (unpaired) electrons. The first kappa shape index (κ1) is 60.1. The summed E-state index contributed by atoms with van der Waals surface area (Å²) in [4.78, 5) is 11.6. The molecule has 0 aliphatic carbocycles. The van der Waals surface area contributed by atoms with E-state index in [1.165, 1.54) is 0 Å². The van der Waals surface area contributed by atoms with Crippen LogP contribution in [0.25, 0.3) is 0 Å². The summed E-state index contributed by atoms with van der Waals surface area (Å²) in [5.41, 5.74) is 88.4. The second kappa shape index (κ2) is 37.3. The molecule has 366 valence electrons. The summed E-state index contributed by atoms with van der Waals surface area (Å²) in [5, 5.41) is 0. The second-order valence-corrected chi connectivity index (χ2v) is 20.0. The van der Waals surface area contributed by atoms with E-state index in [1.807, 2.05) is 0 Å². The van der Waals surface area contributed by atoms with Crippen molar-refractivity contribution in [1.82, 2.24) is 0 Å². The lowest BCUT2D eigenvalue weighted by atomic mass is 9.76. The van der Waals surface area contributed by atoms with E-state index in [4.69, 9.17) is 80.3 Å². The van der Waals surface area contributed by atoms with Gasteiger partial charge in [-0.1, -0.05) is 6.92 Å². The Kier molecular flexibility index (Phi) is 36.8. The first-order chi connectivity index (χ1) is 29.3. The van der Waals surface area contributed by atoms with Gasteiger partial charge in [0.1, 0.15) is 5.78 Å². The van der Waals surface area contributed by atoms with Crippen LogP contribution in [0.5, 0.6) is 0 Å². The minimum Gasteiger partial charge on any atom is -0.330 e. The molecule has 0 bridgehead atoms. The molecule has 14 unspecified atom stereocenters. The highest BCUT2D eigenvalue weighted by Crippen LogP contribution is 2.33. The van der Waals surface area contributed by atoms with E-state index in [9.17, 15) is 4.79 Å². The molecule has 14 atom stereocenters. The smallest absolute Gasteiger partial charge is 0.129 e. The molecule has 61 heavy (non-hydrogen) atoms. The number of ketones is 1. The van der Waals surface area contributed by atoms with Crippen LogP contribution < -0.4 is 80.3 Å². The van der Waals surface area contributed by atoms with Crippen LogP contribution in [0.1, 0.15) is 110 Å². The number of hydrogen-bond donors (Lipinski definition) is 14. The Balaban J connectivity index is 5.43. The fourth-order valence-corrected chi connectivity index (χ4v) is 10.5. The van der Waals surface area contributed by atoms with Gasteiger partial charge in [-0.2, -0.15) is 0 Å². The van der Waals surface area contributed by atoms with Crippen LogP contribution in [-0.2, 0) is 4.79 Å². The van der Waals surface area contributed by atoms with Gasteiger partial charge in [0.05, 0.1) is 0 Å². The Hall–Kier alpha value is -0.890. The average molecular weight is 871 g/mol. The van der Waals surface area contributed by atoms with Crippen molar-refractivity contribution in [1.29, 1.82) is 0 Å². The zero-order valence-corrected chi connectivity index (χ0v) is 39.6. The molecular formula is C46H106N14O. The summed E-state index contributed by atoms with van der Waals surface area (Å²) < 4.78 is 0. The maximum absolute atomic E-state index is 11.6. The average Bonchev–Trinajstić information content (AvgIpc) is 3.28. The molecule has 28 N–H and O–H groups in total. The Morgan fingerprint density at radius 2 is 0.443 bits per heavy atom. The number of carbonyl (C=O) groups is 1. The molecule has 0 aliphatic heterocycles. The fourth-order valence-electron chi connectivity index (χ4n) is 10.5. The number of carbonyl (C=O) groups excluding carboxylic acids is 1. The molecule has 0 saturated carbocycles. The van der Waals surface area contributed by atoms with Crippen molar-refractivity contribution in [3.05, 3.63) is 0 Å². The summed E-state index contributed by atoms with van der Waals surface area (Å²) in [6.07, 6.45) is 13.8. The zero-order chi connectivity index (χ0) is 46.2. The molecule has 0 heterocycles. The van der Waals surface area contributed by atoms with Crippen molar-refractivity contribution in [2.75, 3.05) is 91.6 Å². The van der Waals surface area contributed by atoms with Gasteiger partial charge in [-0.25, -0.2) is 0 Å². The molecule has 0 aromatic carbocycles. The van der Waals surface area contributed by atoms with Gasteiger partial charge in [0.25, 0.3) is 0 Å². The monoisotopic (exact) mass is 871 g/mol. The maximum atomic E-state index is 11.6. The van der Waals surface area contributed by atoms with E-state index in [-0.39, 0.29) is 11.7 Å². The van der Waals surface area contributed by atoms with Gasteiger partial charge in [-0.15, -0.1) is 0 Å². The van der Waals surface area contributed by atoms with Crippen LogP contribution >= 0.6 is 0 Å². The minimum absolute atomic E-state index is 0.199. The molecule has 0 amide bonds. The third-order valence-corrected chi connectivity index (χ3v) is 14.4. The van der Waals surface area contributed by atoms with Gasteiger partial charge >= 0.3 is 0 Å². The molecule has 15 heteroatoms. The van der Waals surface area contributed by atoms with Crippen molar-refractivity contribution in [2.24, 2.45) is 163 Å². The SMILES string of the molecule is CC(=O)CCC(CN)CC(CN)CC(CN)CC(CN)CC(CN)CC(CN)CC(CN)CC(CN)CC(CN)CC(CN)CC(CN)CC(CN)CC(CN)CC(C)CN. The molecule has 0 aliphatic rings. The molecular weight excluding hydrogens is 765 g/mol. The zero-order valence-electron chi connectivity index (χ0n) is 39.6. The quantitative estimate of drug-likeness (QED) is 0.0397. The van der Waals surface area contributed by atoms with Gasteiger partial charge in [0, 0.05) is 6.42 Å². The van der Waals surface area contributed by atoms with Crippen LogP contribution in [0.15, 0.2) is 0 Å². The van der Waals surface area contributed by atoms with Crippen LogP contribution in [-0.4, -0.2) is 97.4 Å². The van der Waals surface area contributed by atoms with Crippen LogP contribution in [0.4, 0.5) is 0 Å². The van der Waals surface area contributed by atoms with E-state index in [0.29, 0.717) is 175 Å². The third-order valence-electron chi connectivity index (χ3n) is 14.4. The summed E-state index contributed by atoms with van der Waals surface area (Å²) in [6.45, 7) is 12.2. The topological polar surface area (TPSA) is 381 Å². The van der Waals surface area contributed by atoms with Crippen molar-refractivity contribution in [2.45, 2.75) is 110 Å². The summed E-state index contributed by atoms with van der Waals surface area (Å²) in [5.74, 6) is 4.86. The number of nitrogens with two attached hydrogens (primary N) is 14. The van der Waals surface area contributed by atoms with Gasteiger partial charge in [-0.05, 0) is 271 Å². The standard InChI is InChI=1S/C46H106N14O/c1-32(18-47)5-35(20-49)7-37(22-51)9-39(24-53)11-41(26-55)13-43(28-57)15-45(30-59)17-46(31-60)16-44(29-58)14-42(27-56)12-40(25-54)10-38(23-52)8-36(21-50)6-34(19-48)4-3-33(2)61/h32,34-46H,3-31,47-60H2,1-2H3. The summed E-state index contributed by atoms with van der Waals surface area (Å²) in [6, 6.07) is 0. The summed E-state index contributed by atoms with van der Waals surface area (Å²) in [7, 11) is 0. The lowest BCUT2D eigenvalue weighted by Crippen LogP contribution is -2.33. The Morgan fingerprint density at radius 3 is 0.590 bits per heavy atom. The predicted molar refractivity (Wildman–Crippen MR) is 261 cm³/mol. The van der Waals surface area contributed by atoms with E-state index in [2.05, 4.69) is 6.92 Å². The van der Waals surface area contributed by atoms with Crippen molar-refractivity contribution < 1.29 is 4.79 Å². The lowest BCUT2D eigenvalue weighted by Gasteiger charge is -2.32. The molecule has 0 fully saturated rings. The molecule has 0 aromatic rings. The van der Waals surface area contributed by atoms with Crippen LogP contribution in [0.3, 0.4) is 0 Å². The summed E-state index contributed by atoms with van der Waals surface area (Å²) >= 11 is 0. The third kappa shape index (κ3) is 27.3. The van der Waals surface area contributed by atoms with E-state index < -0.39 is 0 Å². The number of Topliss-reactive ketones (excluding diaryl/α,β-unsaturated/α-hetero) is 1. The molecule has 0 aromatic heterocycles. The molecule has 15 nitrogen and oxygen atoms in total. The molecule has 0 spiro atoms. The van der Waals surface area contributed by atoms with E-state index in [0.717, 1.165) is 89.9 Å². The largest absolute Gasteiger partial charge is 0.330 e. The van der Waals surface area contributed by atoms with Crippen LogP contribution in [0, 0.1) is 82.9 Å². The van der Waals surface area contributed by atoms with Crippen molar-refractivity contribution in [3.8, 4) is 0 Å². The van der Waals surface area contributed by atoms with E-state index >= 15 is 0 Å². The van der Waals surface area contributed by atoms with Crippen LogP contribution in [0.2, 0.25) is 0 Å². The lowest BCUT2D eigenvalue weighted by molar-refractivity contribution is -0.117. The Labute approximate surface area is 374 Å². The minimum atomic E-state index is 0.199. The van der Waals surface area contributed by atoms with Gasteiger partial charge in [-0.3, -0.25) is 0 Å².